The van der Waals surface area contributed by atoms with Crippen molar-refractivity contribution in [1.29, 1.82) is 0 Å². The van der Waals surface area contributed by atoms with Crippen molar-refractivity contribution in [3.05, 3.63) is 28.2 Å². The third-order valence-electron chi connectivity index (χ3n) is 3.08. The van der Waals surface area contributed by atoms with Crippen LogP contribution in [0.4, 0.5) is 0 Å². The first-order valence-corrected chi connectivity index (χ1v) is 7.72. The van der Waals surface area contributed by atoms with Crippen molar-refractivity contribution in [1.82, 2.24) is 0 Å². The van der Waals surface area contributed by atoms with Gasteiger partial charge in [-0.25, -0.2) is 4.79 Å². The summed E-state index contributed by atoms with van der Waals surface area (Å²) in [5, 5.41) is 9.90. The number of hydrogen-bond donors (Lipinski definition) is 1. The Kier molecular flexibility index (Phi) is 6.31. The Morgan fingerprint density at radius 2 is 1.78 bits per heavy atom. The molecule has 0 saturated heterocycles. The summed E-state index contributed by atoms with van der Waals surface area (Å²) in [6, 6.07) is 4.65. The highest BCUT2D eigenvalue weighted by molar-refractivity contribution is 6.35. The summed E-state index contributed by atoms with van der Waals surface area (Å²) in [5.41, 5.74) is -1.95. The Morgan fingerprint density at radius 1 is 1.17 bits per heavy atom. The average molecular weight is 363 g/mol. The molecule has 0 aliphatic heterocycles. The fourth-order valence-electron chi connectivity index (χ4n) is 2.24. The van der Waals surface area contributed by atoms with E-state index in [2.05, 4.69) is 0 Å². The molecule has 0 unspecified atom stereocenters. The highest BCUT2D eigenvalue weighted by Crippen LogP contribution is 2.31. The lowest BCUT2D eigenvalue weighted by Gasteiger charge is -2.31. The Labute approximate surface area is 145 Å². The molecule has 0 atom stereocenters. The summed E-state index contributed by atoms with van der Waals surface area (Å²) in [6.07, 6.45) is 0.169. The van der Waals surface area contributed by atoms with Gasteiger partial charge in [0.1, 0.15) is 11.4 Å². The lowest BCUT2D eigenvalue weighted by Crippen LogP contribution is -2.38. The van der Waals surface area contributed by atoms with E-state index >= 15 is 0 Å². The lowest BCUT2D eigenvalue weighted by molar-refractivity contribution is -0.166. The summed E-state index contributed by atoms with van der Waals surface area (Å²) in [6.45, 7) is 6.14. The molecule has 0 bridgehead atoms. The van der Waals surface area contributed by atoms with E-state index in [9.17, 15) is 9.59 Å². The molecule has 1 rings (SSSR count). The molecule has 0 aromatic heterocycles. The largest absolute Gasteiger partial charge is 0.481 e. The average Bonchev–Trinajstić information content (AvgIpc) is 2.35. The van der Waals surface area contributed by atoms with Crippen molar-refractivity contribution in [2.45, 2.75) is 39.7 Å². The van der Waals surface area contributed by atoms with Crippen molar-refractivity contribution < 1.29 is 24.2 Å². The van der Waals surface area contributed by atoms with Crippen molar-refractivity contribution in [2.24, 2.45) is 5.41 Å². The minimum atomic E-state index is -1.01. The van der Waals surface area contributed by atoms with Crippen LogP contribution in [-0.2, 0) is 14.3 Å². The van der Waals surface area contributed by atoms with Crippen LogP contribution in [0, 0.1) is 5.41 Å². The van der Waals surface area contributed by atoms with E-state index < -0.39 is 23.0 Å². The minimum Gasteiger partial charge on any atom is -0.481 e. The van der Waals surface area contributed by atoms with Crippen LogP contribution in [0.25, 0.3) is 0 Å². The molecule has 0 amide bonds. The maximum Gasteiger partial charge on any atom is 0.344 e. The van der Waals surface area contributed by atoms with Crippen molar-refractivity contribution in [3.63, 3.8) is 0 Å². The van der Waals surface area contributed by atoms with Gasteiger partial charge in [-0.1, -0.05) is 23.2 Å². The number of rotatable bonds is 7. The van der Waals surface area contributed by atoms with Gasteiger partial charge in [-0.3, -0.25) is 4.79 Å². The predicted molar refractivity (Wildman–Crippen MR) is 88.2 cm³/mol. The molecular weight excluding hydrogens is 343 g/mol. The van der Waals surface area contributed by atoms with Gasteiger partial charge in [0.15, 0.2) is 6.61 Å². The summed E-state index contributed by atoms with van der Waals surface area (Å²) in [5.74, 6) is -1.25. The number of aliphatic carboxylic acids is 1. The van der Waals surface area contributed by atoms with E-state index in [0.717, 1.165) is 0 Å². The van der Waals surface area contributed by atoms with Crippen LogP contribution in [-0.4, -0.2) is 29.3 Å². The first-order chi connectivity index (χ1) is 10.4. The highest BCUT2D eigenvalue weighted by Gasteiger charge is 2.37. The molecule has 0 saturated carbocycles. The van der Waals surface area contributed by atoms with Gasteiger partial charge in [-0.2, -0.15) is 0 Å². The van der Waals surface area contributed by atoms with Gasteiger partial charge in [0.25, 0.3) is 0 Å². The molecule has 0 aliphatic rings. The van der Waals surface area contributed by atoms with Crippen LogP contribution in [0.2, 0.25) is 10.0 Å². The molecule has 0 heterocycles. The monoisotopic (exact) mass is 362 g/mol. The van der Waals surface area contributed by atoms with Crippen LogP contribution in [0.3, 0.4) is 0 Å². The molecule has 0 aliphatic carbocycles. The Hall–Kier alpha value is -1.46. The van der Waals surface area contributed by atoms with Crippen LogP contribution in [0.5, 0.6) is 5.75 Å². The number of carbonyl (C=O) groups excluding carboxylic acids is 1. The molecule has 23 heavy (non-hydrogen) atoms. The van der Waals surface area contributed by atoms with Gasteiger partial charge in [0, 0.05) is 11.4 Å². The molecular formula is C16H20Cl2O5. The van der Waals surface area contributed by atoms with E-state index in [1.807, 2.05) is 0 Å². The lowest BCUT2D eigenvalue weighted by atomic mass is 9.82. The fourth-order valence-corrected chi connectivity index (χ4v) is 2.71. The molecule has 128 valence electrons. The second-order valence-electron chi connectivity index (χ2n) is 6.46. The van der Waals surface area contributed by atoms with Gasteiger partial charge in [-0.15, -0.1) is 0 Å². The standard InChI is InChI=1S/C16H20Cl2O5/c1-15(2,14(20)21)9-16(3,4)23-13(19)8-22-12-6-5-10(17)7-11(12)18/h5-7H,8-9H2,1-4H3,(H,20,21). The number of carboxylic acids is 1. The molecule has 5 nitrogen and oxygen atoms in total. The third kappa shape index (κ3) is 6.28. The summed E-state index contributed by atoms with van der Waals surface area (Å²) in [4.78, 5) is 23.1. The molecule has 0 spiro atoms. The zero-order valence-electron chi connectivity index (χ0n) is 13.5. The number of carboxylic acid groups (broad SMARTS) is 1. The quantitative estimate of drug-likeness (QED) is 0.736. The van der Waals surface area contributed by atoms with E-state index in [1.165, 1.54) is 6.07 Å². The topological polar surface area (TPSA) is 72.8 Å². The molecule has 7 heteroatoms. The highest BCUT2D eigenvalue weighted by atomic mass is 35.5. The Bertz CT molecular complexity index is 596. The Morgan fingerprint density at radius 3 is 2.30 bits per heavy atom. The molecule has 1 N–H and O–H groups in total. The van der Waals surface area contributed by atoms with Crippen molar-refractivity contribution in [2.75, 3.05) is 6.61 Å². The first-order valence-electron chi connectivity index (χ1n) is 6.96. The fraction of sp³-hybridized carbons (Fsp3) is 0.500. The number of benzene rings is 1. The molecule has 0 radical (unpaired) electrons. The van der Waals surface area contributed by atoms with E-state index in [0.29, 0.717) is 10.8 Å². The van der Waals surface area contributed by atoms with Crippen molar-refractivity contribution in [3.8, 4) is 5.75 Å². The number of halogens is 2. The van der Waals surface area contributed by atoms with E-state index in [4.69, 9.17) is 37.8 Å². The maximum absolute atomic E-state index is 11.9. The molecule has 1 aromatic rings. The first kappa shape index (κ1) is 19.6. The summed E-state index contributed by atoms with van der Waals surface area (Å²) < 4.78 is 10.6. The second kappa shape index (κ2) is 7.41. The summed E-state index contributed by atoms with van der Waals surface area (Å²) in [7, 11) is 0. The SMILES string of the molecule is CC(C)(CC(C)(C)C(=O)O)OC(=O)COc1ccc(Cl)cc1Cl. The normalized spacial score (nSPS) is 11.9. The van der Waals surface area contributed by atoms with Gasteiger partial charge >= 0.3 is 11.9 Å². The maximum atomic E-state index is 11.9. The minimum absolute atomic E-state index is 0.169. The number of hydrogen-bond acceptors (Lipinski definition) is 4. The second-order valence-corrected chi connectivity index (χ2v) is 7.31. The number of ether oxygens (including phenoxy) is 2. The van der Waals surface area contributed by atoms with E-state index in [1.54, 1.807) is 39.8 Å². The van der Waals surface area contributed by atoms with Gasteiger partial charge in [0.05, 0.1) is 10.4 Å². The smallest absolute Gasteiger partial charge is 0.344 e. The van der Waals surface area contributed by atoms with Crippen LogP contribution in [0.1, 0.15) is 34.1 Å². The summed E-state index contributed by atoms with van der Waals surface area (Å²) >= 11 is 11.7. The van der Waals surface area contributed by atoms with Crippen LogP contribution >= 0.6 is 23.2 Å². The zero-order valence-corrected chi connectivity index (χ0v) is 15.0. The number of carbonyl (C=O) groups is 2. The molecule has 0 fully saturated rings. The molecule has 1 aromatic carbocycles. The van der Waals surface area contributed by atoms with Crippen LogP contribution < -0.4 is 4.74 Å². The Balaban J connectivity index is 2.60. The van der Waals surface area contributed by atoms with Gasteiger partial charge in [-0.05, 0) is 45.9 Å². The zero-order chi connectivity index (χ0) is 17.8. The van der Waals surface area contributed by atoms with E-state index in [-0.39, 0.29) is 18.1 Å². The van der Waals surface area contributed by atoms with Crippen LogP contribution in [0.15, 0.2) is 18.2 Å². The van der Waals surface area contributed by atoms with Gasteiger partial charge < -0.3 is 14.6 Å². The van der Waals surface area contributed by atoms with Gasteiger partial charge in [0.2, 0.25) is 0 Å². The predicted octanol–water partition coefficient (Wildman–Crippen LogP) is 4.19. The third-order valence-corrected chi connectivity index (χ3v) is 3.61. The number of esters is 1. The van der Waals surface area contributed by atoms with Crippen molar-refractivity contribution >= 4 is 35.1 Å².